The number of amides is 1. The smallest absolute Gasteiger partial charge is 0.226 e. The zero-order valence-electron chi connectivity index (χ0n) is 14.7. The van der Waals surface area contributed by atoms with Gasteiger partial charge >= 0.3 is 0 Å². The minimum atomic E-state index is -0.0313. The lowest BCUT2D eigenvalue weighted by Crippen LogP contribution is -2.47. The van der Waals surface area contributed by atoms with Gasteiger partial charge in [0.05, 0.1) is 5.41 Å². The summed E-state index contributed by atoms with van der Waals surface area (Å²) in [6.07, 6.45) is 6.73. The molecule has 4 nitrogen and oxygen atoms in total. The molecule has 0 aromatic rings. The number of likely N-dealkylation sites (tertiary alicyclic amines) is 1. The molecule has 4 heteroatoms. The maximum atomic E-state index is 12.5. The predicted molar refractivity (Wildman–Crippen MR) is 92.0 cm³/mol. The van der Waals surface area contributed by atoms with Gasteiger partial charge in [-0.1, -0.05) is 13.8 Å². The third-order valence-corrected chi connectivity index (χ3v) is 5.49. The van der Waals surface area contributed by atoms with E-state index in [1.807, 2.05) is 6.92 Å². The Labute approximate surface area is 137 Å². The van der Waals surface area contributed by atoms with Crippen LogP contribution in [0.2, 0.25) is 0 Å². The van der Waals surface area contributed by atoms with Gasteiger partial charge in [0.1, 0.15) is 0 Å². The van der Waals surface area contributed by atoms with Gasteiger partial charge in [-0.2, -0.15) is 0 Å². The SMILES string of the molecule is CCOCCCCN1CCC(NC(=O)C2(C(C)C)CC2)CC1.[HH]. The van der Waals surface area contributed by atoms with Gasteiger partial charge in [0, 0.05) is 33.8 Å². The Morgan fingerprint density at radius 1 is 1.32 bits per heavy atom. The Kier molecular flexibility index (Phi) is 6.69. The predicted octanol–water partition coefficient (Wildman–Crippen LogP) is 3.07. The molecular weight excluding hydrogens is 276 g/mol. The van der Waals surface area contributed by atoms with Crippen LogP contribution in [0.1, 0.15) is 60.7 Å². The summed E-state index contributed by atoms with van der Waals surface area (Å²) in [6.45, 7) is 11.5. The molecule has 1 N–H and O–H groups in total. The molecule has 0 spiro atoms. The topological polar surface area (TPSA) is 41.6 Å². The van der Waals surface area contributed by atoms with Gasteiger partial charge < -0.3 is 15.0 Å². The lowest BCUT2D eigenvalue weighted by molar-refractivity contribution is -0.128. The van der Waals surface area contributed by atoms with E-state index in [9.17, 15) is 4.79 Å². The second-order valence-electron chi connectivity index (χ2n) is 7.30. The molecule has 2 aliphatic rings. The Morgan fingerprint density at radius 2 is 2.00 bits per heavy atom. The molecule has 130 valence electrons. The zero-order chi connectivity index (χ0) is 16.0. The molecule has 0 unspecified atom stereocenters. The average molecular weight is 312 g/mol. The van der Waals surface area contributed by atoms with Crippen molar-refractivity contribution in [2.75, 3.05) is 32.8 Å². The van der Waals surface area contributed by atoms with Crippen molar-refractivity contribution >= 4 is 5.91 Å². The average Bonchev–Trinajstić information content (AvgIpc) is 3.30. The molecular formula is C18H36N2O2. The standard InChI is InChI=1S/C18H34N2O2.H2/c1-4-22-14-6-5-11-20-12-7-16(8-13-20)19-17(21)18(9-10-18)15(2)3;/h15-16H,4-14H2,1-3H3,(H,19,21);1H. The quantitative estimate of drug-likeness (QED) is 0.665. The molecule has 0 aromatic carbocycles. The number of carbonyl (C=O) groups excluding carboxylic acids is 1. The number of nitrogens with zero attached hydrogens (tertiary/aromatic N) is 1. The minimum absolute atomic E-state index is 0. The molecule has 0 bridgehead atoms. The molecule has 1 amide bonds. The fourth-order valence-corrected chi connectivity index (χ4v) is 3.52. The van der Waals surface area contributed by atoms with Crippen molar-refractivity contribution in [3.63, 3.8) is 0 Å². The van der Waals surface area contributed by atoms with Crippen LogP contribution in [0, 0.1) is 11.3 Å². The highest BCUT2D eigenvalue weighted by Crippen LogP contribution is 2.52. The van der Waals surface area contributed by atoms with Crippen LogP contribution in [0.5, 0.6) is 0 Å². The van der Waals surface area contributed by atoms with Crippen LogP contribution in [-0.4, -0.2) is 49.7 Å². The number of ether oxygens (including phenoxy) is 1. The summed E-state index contributed by atoms with van der Waals surface area (Å²) < 4.78 is 5.37. The number of hydrogen-bond donors (Lipinski definition) is 1. The van der Waals surface area contributed by atoms with Crippen LogP contribution in [0.3, 0.4) is 0 Å². The number of rotatable bonds is 9. The summed E-state index contributed by atoms with van der Waals surface area (Å²) >= 11 is 0. The molecule has 2 fully saturated rings. The van der Waals surface area contributed by atoms with E-state index in [0.29, 0.717) is 17.9 Å². The van der Waals surface area contributed by atoms with Crippen molar-refractivity contribution < 1.29 is 11.0 Å². The van der Waals surface area contributed by atoms with Gasteiger partial charge in [-0.05, 0) is 57.9 Å². The molecule has 1 aliphatic carbocycles. The van der Waals surface area contributed by atoms with Crippen LogP contribution in [0.15, 0.2) is 0 Å². The molecule has 1 saturated carbocycles. The molecule has 0 atom stereocenters. The first-order chi connectivity index (χ1) is 10.6. The molecule has 22 heavy (non-hydrogen) atoms. The van der Waals surface area contributed by atoms with Crippen LogP contribution >= 0.6 is 0 Å². The lowest BCUT2D eigenvalue weighted by atomic mass is 9.90. The molecule has 0 aromatic heterocycles. The maximum absolute atomic E-state index is 12.5. The molecule has 1 saturated heterocycles. The van der Waals surface area contributed by atoms with Crippen molar-refractivity contribution in [3.05, 3.63) is 0 Å². The van der Waals surface area contributed by atoms with E-state index in [-0.39, 0.29) is 6.84 Å². The fourth-order valence-electron chi connectivity index (χ4n) is 3.52. The molecule has 1 aliphatic heterocycles. The van der Waals surface area contributed by atoms with Gasteiger partial charge in [0.25, 0.3) is 0 Å². The van der Waals surface area contributed by atoms with E-state index in [2.05, 4.69) is 24.1 Å². The van der Waals surface area contributed by atoms with Gasteiger partial charge in [-0.15, -0.1) is 0 Å². The first-order valence-corrected chi connectivity index (χ1v) is 9.19. The van der Waals surface area contributed by atoms with E-state index < -0.39 is 0 Å². The summed E-state index contributed by atoms with van der Waals surface area (Å²) in [5.41, 5.74) is -0.0313. The number of nitrogens with one attached hydrogen (secondary N) is 1. The summed E-state index contributed by atoms with van der Waals surface area (Å²) in [7, 11) is 0. The van der Waals surface area contributed by atoms with Crippen LogP contribution in [0.4, 0.5) is 0 Å². The highest BCUT2D eigenvalue weighted by Gasteiger charge is 2.52. The monoisotopic (exact) mass is 312 g/mol. The number of hydrogen-bond acceptors (Lipinski definition) is 3. The first kappa shape index (κ1) is 17.7. The Hall–Kier alpha value is -0.610. The van der Waals surface area contributed by atoms with E-state index in [0.717, 1.165) is 58.4 Å². The van der Waals surface area contributed by atoms with Crippen molar-refractivity contribution in [1.82, 2.24) is 10.2 Å². The van der Waals surface area contributed by atoms with Gasteiger partial charge in [0.2, 0.25) is 5.91 Å². The Morgan fingerprint density at radius 3 is 2.55 bits per heavy atom. The molecule has 2 rings (SSSR count). The van der Waals surface area contributed by atoms with Crippen molar-refractivity contribution in [2.45, 2.75) is 65.3 Å². The number of piperidine rings is 1. The fraction of sp³-hybridized carbons (Fsp3) is 0.944. The summed E-state index contributed by atoms with van der Waals surface area (Å²) in [6, 6.07) is 0.392. The maximum Gasteiger partial charge on any atom is 0.226 e. The minimum Gasteiger partial charge on any atom is -0.382 e. The summed E-state index contributed by atoms with van der Waals surface area (Å²) in [4.78, 5) is 15.0. The van der Waals surface area contributed by atoms with Gasteiger partial charge in [-0.3, -0.25) is 4.79 Å². The largest absolute Gasteiger partial charge is 0.382 e. The second kappa shape index (κ2) is 8.30. The van der Waals surface area contributed by atoms with E-state index in [4.69, 9.17) is 4.74 Å². The molecule has 0 radical (unpaired) electrons. The second-order valence-corrected chi connectivity index (χ2v) is 7.30. The Bertz CT molecular complexity index is 351. The van der Waals surface area contributed by atoms with Crippen molar-refractivity contribution in [3.8, 4) is 0 Å². The van der Waals surface area contributed by atoms with Crippen LogP contribution in [-0.2, 0) is 9.53 Å². The Balaban J connectivity index is 0.00000264. The number of unbranched alkanes of at least 4 members (excludes halogenated alkanes) is 1. The third kappa shape index (κ3) is 4.69. The third-order valence-electron chi connectivity index (χ3n) is 5.49. The van der Waals surface area contributed by atoms with Crippen molar-refractivity contribution in [1.29, 1.82) is 0 Å². The van der Waals surface area contributed by atoms with E-state index >= 15 is 0 Å². The number of carbonyl (C=O) groups is 1. The highest BCUT2D eigenvalue weighted by atomic mass is 16.5. The van der Waals surface area contributed by atoms with E-state index in [1.165, 1.54) is 13.0 Å². The van der Waals surface area contributed by atoms with Crippen LogP contribution < -0.4 is 5.32 Å². The first-order valence-electron chi connectivity index (χ1n) is 9.19. The summed E-state index contributed by atoms with van der Waals surface area (Å²) in [5, 5.41) is 3.32. The lowest BCUT2D eigenvalue weighted by Gasteiger charge is -2.33. The van der Waals surface area contributed by atoms with Crippen molar-refractivity contribution in [2.24, 2.45) is 11.3 Å². The normalized spacial score (nSPS) is 22.0. The van der Waals surface area contributed by atoms with Crippen LogP contribution in [0.25, 0.3) is 0 Å². The van der Waals surface area contributed by atoms with E-state index in [1.54, 1.807) is 0 Å². The van der Waals surface area contributed by atoms with Gasteiger partial charge in [0.15, 0.2) is 0 Å². The zero-order valence-corrected chi connectivity index (χ0v) is 14.7. The molecule has 1 heterocycles. The van der Waals surface area contributed by atoms with Gasteiger partial charge in [-0.25, -0.2) is 0 Å². The summed E-state index contributed by atoms with van der Waals surface area (Å²) in [5.74, 6) is 0.788. The highest BCUT2D eigenvalue weighted by molar-refractivity contribution is 5.85.